The predicted octanol–water partition coefficient (Wildman–Crippen LogP) is 8.05. The number of rotatable bonds is 19. The number of ether oxygens (including phenoxy) is 6. The highest BCUT2D eigenvalue weighted by atomic mass is 16.6. The van der Waals surface area contributed by atoms with Gasteiger partial charge in [-0.25, -0.2) is 14.5 Å². The van der Waals surface area contributed by atoms with E-state index in [2.05, 4.69) is 0 Å². The van der Waals surface area contributed by atoms with Gasteiger partial charge in [0, 0.05) is 42.4 Å². The standard InChI is InChI=1S/C59H48N2O16/c1-60(39-16-21-52(72-2)49(64)26-39)55(67)46-24-36(11-12-38(46)29-62)59(71)76-32-54(66)77-51-20-15-33-7-4-5-10-43(33)47(51)23-35-9-6-8-34-13-18-42(28-45(34)35)74-30-41(63)31-75-58(70)37-14-19-44-48(25-37)57(69)61(56(44)68)40-17-22-53(73-3)50(65)27-40/h4-22,24-29,41,54,63-66H,23,30-32H2,1-3H3. The van der Waals surface area contributed by atoms with Crippen molar-refractivity contribution in [3.05, 3.63) is 190 Å². The number of esters is 2. The lowest BCUT2D eigenvalue weighted by atomic mass is 9.94. The van der Waals surface area contributed by atoms with Gasteiger partial charge in [0.15, 0.2) is 35.9 Å². The van der Waals surface area contributed by atoms with Crippen molar-refractivity contribution in [3.63, 3.8) is 0 Å². The van der Waals surface area contributed by atoms with E-state index in [4.69, 9.17) is 28.4 Å². The van der Waals surface area contributed by atoms with Gasteiger partial charge in [-0.15, -0.1) is 0 Å². The molecule has 8 aromatic carbocycles. The van der Waals surface area contributed by atoms with Gasteiger partial charge in [0.25, 0.3) is 17.7 Å². The molecule has 8 aromatic rings. The minimum Gasteiger partial charge on any atom is -0.504 e. The number of aliphatic hydroxyl groups excluding tert-OH is 2. The van der Waals surface area contributed by atoms with Gasteiger partial charge in [-0.05, 0) is 99.9 Å². The van der Waals surface area contributed by atoms with Gasteiger partial charge >= 0.3 is 11.9 Å². The van der Waals surface area contributed by atoms with Crippen LogP contribution in [-0.4, -0.2) is 110 Å². The number of nitrogens with zero attached hydrogens (tertiary/aromatic N) is 2. The SMILES string of the molecule is COc1ccc(N(C)C(=O)c2cc(C(=O)OCC(O)Oc3ccc4ccccc4c3Cc3cccc4ccc(OCC(O)COC(=O)c5ccc6c(c5)C(=O)N(c5ccc(OC)c(O)c5)C6=O)cc34)ccc2C=O)cc1O. The maximum atomic E-state index is 13.6. The molecule has 2 atom stereocenters. The zero-order chi connectivity index (χ0) is 54.5. The first-order valence-electron chi connectivity index (χ1n) is 23.8. The van der Waals surface area contributed by atoms with Gasteiger partial charge in [0.1, 0.15) is 30.8 Å². The van der Waals surface area contributed by atoms with Gasteiger partial charge in [-0.1, -0.05) is 60.7 Å². The Morgan fingerprint density at radius 3 is 2.03 bits per heavy atom. The molecular formula is C59H48N2O16. The molecule has 390 valence electrons. The van der Waals surface area contributed by atoms with E-state index in [0.717, 1.165) is 32.0 Å². The second-order valence-corrected chi connectivity index (χ2v) is 17.7. The Balaban J connectivity index is 0.839. The van der Waals surface area contributed by atoms with E-state index >= 15 is 0 Å². The van der Waals surface area contributed by atoms with Crippen LogP contribution in [0, 0.1) is 0 Å². The number of carbonyl (C=O) groups is 6. The summed E-state index contributed by atoms with van der Waals surface area (Å²) in [6, 6.07) is 38.5. The van der Waals surface area contributed by atoms with Crippen molar-refractivity contribution in [1.82, 2.24) is 0 Å². The maximum absolute atomic E-state index is 13.6. The fourth-order valence-corrected chi connectivity index (χ4v) is 8.84. The molecule has 9 rings (SSSR count). The molecule has 1 aliphatic rings. The third kappa shape index (κ3) is 10.9. The monoisotopic (exact) mass is 1040 g/mol. The van der Waals surface area contributed by atoms with E-state index in [1.54, 1.807) is 18.2 Å². The summed E-state index contributed by atoms with van der Waals surface area (Å²) in [5.41, 5.74) is 1.79. The smallest absolute Gasteiger partial charge is 0.338 e. The van der Waals surface area contributed by atoms with Gasteiger partial charge in [0.05, 0.1) is 47.7 Å². The number of anilines is 2. The topological polar surface area (TPSA) is 245 Å². The fraction of sp³-hybridized carbons (Fsp3) is 0.153. The van der Waals surface area contributed by atoms with Crippen molar-refractivity contribution < 1.29 is 77.6 Å². The number of carbonyl (C=O) groups excluding carboxylic acids is 6. The molecule has 0 fully saturated rings. The number of hydrogen-bond donors (Lipinski definition) is 4. The van der Waals surface area contributed by atoms with Crippen LogP contribution in [0.2, 0.25) is 0 Å². The van der Waals surface area contributed by atoms with Gasteiger partial charge in [0.2, 0.25) is 6.29 Å². The molecule has 1 aliphatic heterocycles. The number of aliphatic hydroxyl groups is 2. The van der Waals surface area contributed by atoms with Crippen LogP contribution in [0.1, 0.15) is 73.3 Å². The number of amides is 3. The van der Waals surface area contributed by atoms with E-state index in [1.807, 2.05) is 60.7 Å². The fourth-order valence-electron chi connectivity index (χ4n) is 8.84. The van der Waals surface area contributed by atoms with Crippen molar-refractivity contribution in [3.8, 4) is 34.5 Å². The molecule has 0 bridgehead atoms. The van der Waals surface area contributed by atoms with Crippen LogP contribution in [-0.2, 0) is 15.9 Å². The Bertz CT molecular complexity index is 3650. The molecule has 2 unspecified atom stereocenters. The van der Waals surface area contributed by atoms with Crippen molar-refractivity contribution in [1.29, 1.82) is 0 Å². The van der Waals surface area contributed by atoms with E-state index in [-0.39, 0.29) is 68.7 Å². The normalized spacial score (nSPS) is 12.7. The van der Waals surface area contributed by atoms with Crippen LogP contribution in [0.25, 0.3) is 21.5 Å². The number of aldehydes is 1. The van der Waals surface area contributed by atoms with Crippen LogP contribution in [0.15, 0.2) is 146 Å². The average Bonchev–Trinajstić information content (AvgIpc) is 3.73. The molecule has 3 amide bonds. The molecule has 0 spiro atoms. The number of phenols is 2. The maximum Gasteiger partial charge on any atom is 0.338 e. The Labute approximate surface area is 439 Å². The van der Waals surface area contributed by atoms with Crippen LogP contribution in [0.5, 0.6) is 34.5 Å². The second-order valence-electron chi connectivity index (χ2n) is 17.7. The van der Waals surface area contributed by atoms with E-state index in [1.165, 1.54) is 92.9 Å². The Morgan fingerprint density at radius 1 is 0.636 bits per heavy atom. The number of hydrogen-bond acceptors (Lipinski definition) is 16. The highest BCUT2D eigenvalue weighted by Crippen LogP contribution is 2.37. The third-order valence-electron chi connectivity index (χ3n) is 12.8. The van der Waals surface area contributed by atoms with E-state index in [0.29, 0.717) is 35.5 Å². The number of imide groups is 1. The van der Waals surface area contributed by atoms with Gasteiger partial charge in [-0.2, -0.15) is 0 Å². The van der Waals surface area contributed by atoms with Crippen molar-refractivity contribution >= 4 is 68.9 Å². The van der Waals surface area contributed by atoms with Crippen molar-refractivity contribution in [2.24, 2.45) is 0 Å². The van der Waals surface area contributed by atoms with Crippen molar-refractivity contribution in [2.75, 3.05) is 50.9 Å². The first-order chi connectivity index (χ1) is 37.1. The first kappa shape index (κ1) is 52.1. The number of benzene rings is 8. The highest BCUT2D eigenvalue weighted by molar-refractivity contribution is 6.34. The first-order valence-corrected chi connectivity index (χ1v) is 23.8. The summed E-state index contributed by atoms with van der Waals surface area (Å²) in [6.07, 6.45) is -2.12. The quantitative estimate of drug-likeness (QED) is 0.0259. The Morgan fingerprint density at radius 2 is 1.29 bits per heavy atom. The predicted molar refractivity (Wildman–Crippen MR) is 281 cm³/mol. The zero-order valence-corrected chi connectivity index (χ0v) is 41.5. The molecule has 1 heterocycles. The molecule has 0 aliphatic carbocycles. The summed E-state index contributed by atoms with van der Waals surface area (Å²) in [5, 5.41) is 45.9. The molecule has 4 N–H and O–H groups in total. The van der Waals surface area contributed by atoms with E-state index < -0.39 is 55.3 Å². The second kappa shape index (κ2) is 22.4. The number of fused-ring (bicyclic) bond motifs is 3. The molecule has 18 nitrogen and oxygen atoms in total. The minimum absolute atomic E-state index is 0.00745. The molecule has 77 heavy (non-hydrogen) atoms. The summed E-state index contributed by atoms with van der Waals surface area (Å²) in [7, 11) is 4.19. The lowest BCUT2D eigenvalue weighted by molar-refractivity contribution is -0.0639. The summed E-state index contributed by atoms with van der Waals surface area (Å²) in [5.74, 6) is -3.16. The Hall–Kier alpha value is -9.78. The summed E-state index contributed by atoms with van der Waals surface area (Å²) in [4.78, 5) is 80.6. The number of phenolic OH excluding ortho intramolecular Hbond substituents is 2. The average molecular weight is 1040 g/mol. The summed E-state index contributed by atoms with van der Waals surface area (Å²) < 4.78 is 33.0. The molecule has 18 heteroatoms. The molecule has 0 radical (unpaired) electrons. The van der Waals surface area contributed by atoms with Crippen LogP contribution >= 0.6 is 0 Å². The molecular weight excluding hydrogens is 993 g/mol. The van der Waals surface area contributed by atoms with Crippen LogP contribution in [0.4, 0.5) is 11.4 Å². The van der Waals surface area contributed by atoms with Crippen molar-refractivity contribution in [2.45, 2.75) is 18.8 Å². The van der Waals surface area contributed by atoms with Crippen LogP contribution < -0.4 is 28.7 Å². The molecule has 0 saturated carbocycles. The summed E-state index contributed by atoms with van der Waals surface area (Å²) >= 11 is 0. The minimum atomic E-state index is -1.64. The largest absolute Gasteiger partial charge is 0.504 e. The van der Waals surface area contributed by atoms with Gasteiger partial charge < -0.3 is 53.7 Å². The lowest BCUT2D eigenvalue weighted by Crippen LogP contribution is -2.29. The van der Waals surface area contributed by atoms with Gasteiger partial charge in [-0.3, -0.25) is 19.2 Å². The molecule has 0 saturated heterocycles. The van der Waals surface area contributed by atoms with Crippen LogP contribution in [0.3, 0.4) is 0 Å². The Kier molecular flexibility index (Phi) is 15.1. The number of aromatic hydroxyl groups is 2. The highest BCUT2D eigenvalue weighted by Gasteiger charge is 2.38. The number of methoxy groups -OCH3 is 2. The molecule has 0 aromatic heterocycles. The summed E-state index contributed by atoms with van der Waals surface area (Å²) in [6.45, 7) is -1.32. The lowest BCUT2D eigenvalue weighted by Gasteiger charge is -2.20. The zero-order valence-electron chi connectivity index (χ0n) is 41.5. The van der Waals surface area contributed by atoms with E-state index in [9.17, 15) is 49.2 Å². The third-order valence-corrected chi connectivity index (χ3v) is 12.8.